The standard InChI is InChI=1S/C14H17N3O3.2C2H6/c1-9-10(8-12(17(9)3)14(19)20-4)15-13(18)11-6-5-7-16(11)2;2*1-2/h5-8H,1-4H3,(H,15,18);2*1-2H3. The summed E-state index contributed by atoms with van der Waals surface area (Å²) in [6.45, 7) is 9.83. The van der Waals surface area contributed by atoms with Crippen molar-refractivity contribution in [1.82, 2.24) is 9.13 Å². The van der Waals surface area contributed by atoms with Gasteiger partial charge in [0.2, 0.25) is 0 Å². The van der Waals surface area contributed by atoms with Gasteiger partial charge in [0.25, 0.3) is 5.91 Å². The van der Waals surface area contributed by atoms with Gasteiger partial charge in [-0.25, -0.2) is 4.79 Å². The zero-order chi connectivity index (χ0) is 18.9. The first-order chi connectivity index (χ1) is 11.5. The largest absolute Gasteiger partial charge is 0.464 e. The van der Waals surface area contributed by atoms with Gasteiger partial charge < -0.3 is 19.2 Å². The van der Waals surface area contributed by atoms with Crippen molar-refractivity contribution in [2.75, 3.05) is 12.4 Å². The molecule has 2 rings (SSSR count). The summed E-state index contributed by atoms with van der Waals surface area (Å²) in [7, 11) is 4.87. The minimum atomic E-state index is -0.435. The molecule has 0 fully saturated rings. The Hall–Kier alpha value is -2.50. The summed E-state index contributed by atoms with van der Waals surface area (Å²) in [5.74, 6) is -0.655. The number of nitrogens with one attached hydrogen (secondary N) is 1. The second-order valence-corrected chi connectivity index (χ2v) is 4.54. The number of aryl methyl sites for hydroxylation is 1. The van der Waals surface area contributed by atoms with Crippen LogP contribution in [0.4, 0.5) is 5.69 Å². The highest BCUT2D eigenvalue weighted by Crippen LogP contribution is 2.21. The molecule has 0 bridgehead atoms. The molecule has 134 valence electrons. The number of ether oxygens (including phenoxy) is 1. The van der Waals surface area contributed by atoms with E-state index < -0.39 is 5.97 Å². The van der Waals surface area contributed by atoms with Crippen molar-refractivity contribution >= 4 is 17.6 Å². The Labute approximate surface area is 144 Å². The maximum Gasteiger partial charge on any atom is 0.354 e. The second-order valence-electron chi connectivity index (χ2n) is 4.54. The summed E-state index contributed by atoms with van der Waals surface area (Å²) in [6.07, 6.45) is 1.80. The van der Waals surface area contributed by atoms with Gasteiger partial charge in [0.05, 0.1) is 12.8 Å². The first-order valence-electron chi connectivity index (χ1n) is 8.13. The predicted octanol–water partition coefficient (Wildman–Crippen LogP) is 3.76. The van der Waals surface area contributed by atoms with Crippen LogP contribution in [0.15, 0.2) is 24.4 Å². The maximum atomic E-state index is 12.2. The zero-order valence-corrected chi connectivity index (χ0v) is 15.9. The van der Waals surface area contributed by atoms with Gasteiger partial charge >= 0.3 is 5.97 Å². The molecule has 0 aliphatic heterocycles. The number of anilines is 1. The van der Waals surface area contributed by atoms with Crippen LogP contribution in [0.5, 0.6) is 0 Å². The number of amides is 1. The average molecular weight is 335 g/mol. The molecule has 6 heteroatoms. The number of esters is 1. The van der Waals surface area contributed by atoms with Crippen LogP contribution >= 0.6 is 0 Å². The average Bonchev–Trinajstić information content (AvgIpc) is 3.16. The molecule has 0 aromatic carbocycles. The number of methoxy groups -OCH3 is 1. The number of hydrogen-bond donors (Lipinski definition) is 1. The van der Waals surface area contributed by atoms with Gasteiger partial charge in [-0.05, 0) is 25.1 Å². The molecule has 1 N–H and O–H groups in total. The quantitative estimate of drug-likeness (QED) is 0.869. The van der Waals surface area contributed by atoms with Crippen LogP contribution in [0.1, 0.15) is 54.4 Å². The first-order valence-corrected chi connectivity index (χ1v) is 8.13. The van der Waals surface area contributed by atoms with Crippen LogP contribution in [-0.2, 0) is 18.8 Å². The Bertz CT molecular complexity index is 669. The van der Waals surface area contributed by atoms with Crippen molar-refractivity contribution in [1.29, 1.82) is 0 Å². The van der Waals surface area contributed by atoms with E-state index in [0.717, 1.165) is 5.69 Å². The fourth-order valence-electron chi connectivity index (χ4n) is 2.01. The van der Waals surface area contributed by atoms with E-state index in [2.05, 4.69) is 5.32 Å². The fraction of sp³-hybridized carbons (Fsp3) is 0.444. The molecule has 0 aliphatic carbocycles. The third kappa shape index (κ3) is 4.75. The number of carbonyl (C=O) groups excluding carboxylic acids is 2. The highest BCUT2D eigenvalue weighted by Gasteiger charge is 2.18. The van der Waals surface area contributed by atoms with Crippen molar-refractivity contribution in [3.63, 3.8) is 0 Å². The zero-order valence-electron chi connectivity index (χ0n) is 15.9. The topological polar surface area (TPSA) is 65.3 Å². The Morgan fingerprint density at radius 1 is 1.08 bits per heavy atom. The van der Waals surface area contributed by atoms with Gasteiger partial charge in [0.15, 0.2) is 0 Å². The smallest absolute Gasteiger partial charge is 0.354 e. The van der Waals surface area contributed by atoms with E-state index in [9.17, 15) is 9.59 Å². The van der Waals surface area contributed by atoms with Crippen LogP contribution in [0.3, 0.4) is 0 Å². The molecular formula is C18H29N3O3. The van der Waals surface area contributed by atoms with Crippen LogP contribution < -0.4 is 5.32 Å². The van der Waals surface area contributed by atoms with Gasteiger partial charge in [-0.1, -0.05) is 27.7 Å². The first kappa shape index (κ1) is 21.5. The van der Waals surface area contributed by atoms with Gasteiger partial charge in [0, 0.05) is 26.0 Å². The lowest BCUT2D eigenvalue weighted by atomic mass is 10.3. The Balaban J connectivity index is 0.00000123. The Morgan fingerprint density at radius 2 is 1.67 bits per heavy atom. The number of carbonyl (C=O) groups is 2. The van der Waals surface area contributed by atoms with Gasteiger partial charge in [0.1, 0.15) is 11.4 Å². The van der Waals surface area contributed by atoms with E-state index in [1.165, 1.54) is 7.11 Å². The van der Waals surface area contributed by atoms with Crippen molar-refractivity contribution in [2.24, 2.45) is 14.1 Å². The molecule has 2 heterocycles. The maximum absolute atomic E-state index is 12.2. The highest BCUT2D eigenvalue weighted by atomic mass is 16.5. The van der Waals surface area contributed by atoms with Crippen LogP contribution in [0, 0.1) is 6.92 Å². The lowest BCUT2D eigenvalue weighted by Gasteiger charge is -2.06. The van der Waals surface area contributed by atoms with Gasteiger partial charge in [-0.2, -0.15) is 0 Å². The summed E-state index contributed by atoms with van der Waals surface area (Å²) < 4.78 is 8.12. The lowest BCUT2D eigenvalue weighted by molar-refractivity contribution is 0.0589. The SMILES string of the molecule is CC.CC.COC(=O)c1cc(NC(=O)c2cccn2C)c(C)n1C. The Kier molecular flexibility index (Phi) is 9.23. The van der Waals surface area contributed by atoms with E-state index >= 15 is 0 Å². The van der Waals surface area contributed by atoms with E-state index in [-0.39, 0.29) is 5.91 Å². The van der Waals surface area contributed by atoms with Gasteiger partial charge in [-0.15, -0.1) is 0 Å². The third-order valence-corrected chi connectivity index (χ3v) is 3.35. The predicted molar refractivity (Wildman–Crippen MR) is 97.6 cm³/mol. The van der Waals surface area contributed by atoms with Crippen LogP contribution in [0.2, 0.25) is 0 Å². The van der Waals surface area contributed by atoms with Crippen LogP contribution in [0.25, 0.3) is 0 Å². The summed E-state index contributed by atoms with van der Waals surface area (Å²) in [6, 6.07) is 5.14. The monoisotopic (exact) mass is 335 g/mol. The molecule has 0 atom stereocenters. The molecule has 0 unspecified atom stereocenters. The minimum absolute atomic E-state index is 0.220. The van der Waals surface area contributed by atoms with Crippen molar-refractivity contribution in [2.45, 2.75) is 34.6 Å². The van der Waals surface area contributed by atoms with Crippen molar-refractivity contribution in [3.8, 4) is 0 Å². The molecular weight excluding hydrogens is 306 g/mol. The molecule has 0 aliphatic rings. The Morgan fingerprint density at radius 3 is 2.12 bits per heavy atom. The summed E-state index contributed by atoms with van der Waals surface area (Å²) in [5.41, 5.74) is 2.33. The normalized spacial score (nSPS) is 9.17. The molecule has 2 aromatic heterocycles. The molecule has 1 amide bonds. The van der Waals surface area contributed by atoms with E-state index in [1.54, 1.807) is 47.6 Å². The van der Waals surface area contributed by atoms with Crippen molar-refractivity contribution in [3.05, 3.63) is 41.5 Å². The van der Waals surface area contributed by atoms with Crippen molar-refractivity contribution < 1.29 is 14.3 Å². The second kappa shape index (κ2) is 10.3. The number of hydrogen-bond acceptors (Lipinski definition) is 3. The van der Waals surface area contributed by atoms with Crippen LogP contribution in [-0.4, -0.2) is 28.1 Å². The minimum Gasteiger partial charge on any atom is -0.464 e. The number of nitrogens with zero attached hydrogens (tertiary/aromatic N) is 2. The van der Waals surface area contributed by atoms with E-state index in [4.69, 9.17) is 4.74 Å². The molecule has 0 spiro atoms. The molecule has 0 saturated carbocycles. The molecule has 2 aromatic rings. The van der Waals surface area contributed by atoms with Gasteiger partial charge in [-0.3, -0.25) is 4.79 Å². The van der Waals surface area contributed by atoms with E-state index in [0.29, 0.717) is 17.1 Å². The number of rotatable bonds is 3. The molecule has 6 nitrogen and oxygen atoms in total. The number of aromatic nitrogens is 2. The molecule has 0 saturated heterocycles. The summed E-state index contributed by atoms with van der Waals surface area (Å²) >= 11 is 0. The summed E-state index contributed by atoms with van der Waals surface area (Å²) in [5, 5.41) is 2.81. The van der Waals surface area contributed by atoms with E-state index in [1.807, 2.05) is 34.6 Å². The summed E-state index contributed by atoms with van der Waals surface area (Å²) in [4.78, 5) is 23.8. The molecule has 24 heavy (non-hydrogen) atoms. The fourth-order valence-corrected chi connectivity index (χ4v) is 2.01. The molecule has 0 radical (unpaired) electrons. The highest BCUT2D eigenvalue weighted by molar-refractivity contribution is 6.04. The lowest BCUT2D eigenvalue weighted by Crippen LogP contribution is -2.15. The third-order valence-electron chi connectivity index (χ3n) is 3.35.